The summed E-state index contributed by atoms with van der Waals surface area (Å²) in [5.41, 5.74) is 1.74. The lowest BCUT2D eigenvalue weighted by atomic mass is 9.97. The van der Waals surface area contributed by atoms with E-state index in [0.717, 1.165) is 50.3 Å². The second-order valence-corrected chi connectivity index (χ2v) is 9.03. The van der Waals surface area contributed by atoms with E-state index < -0.39 is 0 Å². The lowest BCUT2D eigenvalue weighted by molar-refractivity contribution is -0.125. The van der Waals surface area contributed by atoms with E-state index in [1.54, 1.807) is 12.3 Å². The minimum Gasteiger partial charge on any atom is -0.369 e. The summed E-state index contributed by atoms with van der Waals surface area (Å²) in [4.78, 5) is 30.0. The number of amides is 1. The monoisotopic (exact) mass is 437 g/mol. The number of piperidine rings is 1. The largest absolute Gasteiger partial charge is 0.369 e. The Kier molecular flexibility index (Phi) is 7.93. The van der Waals surface area contributed by atoms with Crippen molar-refractivity contribution in [1.82, 2.24) is 20.0 Å². The summed E-state index contributed by atoms with van der Waals surface area (Å²) in [5.74, 6) is 0.0922. The quantitative estimate of drug-likeness (QED) is 0.721. The minimum atomic E-state index is -0.115. The predicted molar refractivity (Wildman–Crippen MR) is 127 cm³/mol. The summed E-state index contributed by atoms with van der Waals surface area (Å²) in [7, 11) is 0. The van der Waals surface area contributed by atoms with Crippen LogP contribution in [0.4, 0.5) is 5.69 Å². The van der Waals surface area contributed by atoms with Crippen LogP contribution in [0.15, 0.2) is 47.4 Å². The normalized spacial score (nSPS) is 20.0. The second-order valence-electron chi connectivity index (χ2n) is 9.03. The van der Waals surface area contributed by atoms with Gasteiger partial charge in [-0.25, -0.2) is 4.68 Å². The molecule has 1 aromatic heterocycles. The number of benzene rings is 1. The standard InChI is InChI=1S/C25H35N5O2/c31-24-17-23(18-27-30(24)19-21-9-4-3-5-10-21)29-15-8-11-22(20-29)25(32)26-12-16-28-13-6-1-2-7-14-28/h3-5,9-10,17-18,22H,1-2,6-8,11-16,19-20H2,(H,26,32). The van der Waals surface area contributed by atoms with E-state index in [1.807, 2.05) is 30.3 Å². The predicted octanol–water partition coefficient (Wildman–Crippen LogP) is 2.50. The van der Waals surface area contributed by atoms with Gasteiger partial charge in [-0.3, -0.25) is 9.59 Å². The van der Waals surface area contributed by atoms with Gasteiger partial charge in [-0.2, -0.15) is 5.10 Å². The Morgan fingerprint density at radius 2 is 1.81 bits per heavy atom. The zero-order valence-corrected chi connectivity index (χ0v) is 18.9. The molecule has 1 atom stereocenters. The fourth-order valence-corrected chi connectivity index (χ4v) is 4.74. The Morgan fingerprint density at radius 1 is 1.03 bits per heavy atom. The van der Waals surface area contributed by atoms with Crippen LogP contribution in [-0.2, 0) is 11.3 Å². The average molecular weight is 438 g/mol. The highest BCUT2D eigenvalue weighted by Gasteiger charge is 2.26. The van der Waals surface area contributed by atoms with Gasteiger partial charge in [0.05, 0.1) is 24.3 Å². The smallest absolute Gasteiger partial charge is 0.269 e. The van der Waals surface area contributed by atoms with Crippen LogP contribution < -0.4 is 15.8 Å². The zero-order valence-electron chi connectivity index (χ0n) is 18.9. The molecule has 1 N–H and O–H groups in total. The number of hydrogen-bond donors (Lipinski definition) is 1. The van der Waals surface area contributed by atoms with Crippen LogP contribution >= 0.6 is 0 Å². The van der Waals surface area contributed by atoms with Crippen molar-refractivity contribution in [2.75, 3.05) is 44.2 Å². The van der Waals surface area contributed by atoms with Crippen molar-refractivity contribution in [2.24, 2.45) is 5.92 Å². The second kappa shape index (κ2) is 11.3. The zero-order chi connectivity index (χ0) is 22.2. The lowest BCUT2D eigenvalue weighted by Crippen LogP contribution is -2.45. The fraction of sp³-hybridized carbons (Fsp3) is 0.560. The van der Waals surface area contributed by atoms with Crippen molar-refractivity contribution in [1.29, 1.82) is 0 Å². The number of carbonyl (C=O) groups excluding carboxylic acids is 1. The van der Waals surface area contributed by atoms with Gasteiger partial charge in [0.2, 0.25) is 5.91 Å². The molecule has 7 heteroatoms. The van der Waals surface area contributed by atoms with Crippen molar-refractivity contribution in [3.63, 3.8) is 0 Å². The molecule has 4 rings (SSSR count). The number of nitrogens with zero attached hydrogens (tertiary/aromatic N) is 4. The maximum absolute atomic E-state index is 12.8. The molecule has 1 amide bonds. The number of nitrogens with one attached hydrogen (secondary N) is 1. The summed E-state index contributed by atoms with van der Waals surface area (Å²) in [5, 5.41) is 7.54. The van der Waals surface area contributed by atoms with E-state index in [2.05, 4.69) is 20.2 Å². The van der Waals surface area contributed by atoms with Crippen LogP contribution in [0.2, 0.25) is 0 Å². The first-order valence-electron chi connectivity index (χ1n) is 12.1. The fourth-order valence-electron chi connectivity index (χ4n) is 4.74. The van der Waals surface area contributed by atoms with Gasteiger partial charge in [-0.05, 0) is 44.3 Å². The van der Waals surface area contributed by atoms with Gasteiger partial charge in [-0.15, -0.1) is 0 Å². The maximum Gasteiger partial charge on any atom is 0.269 e. The van der Waals surface area contributed by atoms with Gasteiger partial charge in [-0.1, -0.05) is 43.2 Å². The van der Waals surface area contributed by atoms with Crippen LogP contribution in [0.25, 0.3) is 0 Å². The summed E-state index contributed by atoms with van der Waals surface area (Å²) in [6, 6.07) is 11.5. The Hall–Kier alpha value is -2.67. The molecule has 1 unspecified atom stereocenters. The van der Waals surface area contributed by atoms with E-state index in [9.17, 15) is 9.59 Å². The maximum atomic E-state index is 12.8. The van der Waals surface area contributed by atoms with Gasteiger partial charge in [0.15, 0.2) is 0 Å². The molecule has 0 bridgehead atoms. The van der Waals surface area contributed by atoms with E-state index in [-0.39, 0.29) is 17.4 Å². The minimum absolute atomic E-state index is 0.0420. The molecule has 172 valence electrons. The van der Waals surface area contributed by atoms with Crippen molar-refractivity contribution in [3.8, 4) is 0 Å². The number of rotatable bonds is 7. The molecule has 2 saturated heterocycles. The SMILES string of the molecule is O=C(NCCN1CCCCCC1)C1CCCN(c2cnn(Cc3ccccc3)c(=O)c2)C1. The molecular formula is C25H35N5O2. The Morgan fingerprint density at radius 3 is 2.56 bits per heavy atom. The third-order valence-electron chi connectivity index (χ3n) is 6.61. The van der Waals surface area contributed by atoms with Crippen LogP contribution in [-0.4, -0.2) is 59.9 Å². The number of hydrogen-bond acceptors (Lipinski definition) is 5. The molecule has 7 nitrogen and oxygen atoms in total. The van der Waals surface area contributed by atoms with Gasteiger partial charge >= 0.3 is 0 Å². The van der Waals surface area contributed by atoms with E-state index in [0.29, 0.717) is 19.6 Å². The Balaban J connectivity index is 1.29. The third-order valence-corrected chi connectivity index (χ3v) is 6.61. The van der Waals surface area contributed by atoms with Gasteiger partial charge in [0, 0.05) is 32.2 Å². The summed E-state index contributed by atoms with van der Waals surface area (Å²) < 4.78 is 1.48. The van der Waals surface area contributed by atoms with Gasteiger partial charge < -0.3 is 15.1 Å². The molecule has 1 aromatic carbocycles. The molecule has 2 aromatic rings. The number of anilines is 1. The topological polar surface area (TPSA) is 70.5 Å². The number of likely N-dealkylation sites (tertiary alicyclic amines) is 1. The van der Waals surface area contributed by atoms with Gasteiger partial charge in [0.1, 0.15) is 0 Å². The third kappa shape index (κ3) is 6.19. The highest BCUT2D eigenvalue weighted by Crippen LogP contribution is 2.22. The molecule has 32 heavy (non-hydrogen) atoms. The Bertz CT molecular complexity index is 921. The van der Waals surface area contributed by atoms with E-state index in [4.69, 9.17) is 0 Å². The molecule has 2 fully saturated rings. The first-order valence-corrected chi connectivity index (χ1v) is 12.1. The average Bonchev–Trinajstić information content (AvgIpc) is 3.10. The first kappa shape index (κ1) is 22.5. The first-order chi connectivity index (χ1) is 15.7. The summed E-state index contributed by atoms with van der Waals surface area (Å²) >= 11 is 0. The molecule has 0 radical (unpaired) electrons. The van der Waals surface area contributed by atoms with Crippen molar-refractivity contribution < 1.29 is 4.79 Å². The molecule has 3 heterocycles. The molecule has 0 saturated carbocycles. The summed E-state index contributed by atoms with van der Waals surface area (Å²) in [6.45, 7) is 5.90. The van der Waals surface area contributed by atoms with Crippen LogP contribution in [0.3, 0.4) is 0 Å². The van der Waals surface area contributed by atoms with E-state index in [1.165, 1.54) is 30.4 Å². The number of carbonyl (C=O) groups is 1. The van der Waals surface area contributed by atoms with Crippen molar-refractivity contribution >= 4 is 11.6 Å². The Labute approximate surface area is 190 Å². The lowest BCUT2D eigenvalue weighted by Gasteiger charge is -2.33. The molecule has 0 aliphatic carbocycles. The summed E-state index contributed by atoms with van der Waals surface area (Å²) in [6.07, 6.45) is 8.78. The van der Waals surface area contributed by atoms with Crippen LogP contribution in [0.5, 0.6) is 0 Å². The van der Waals surface area contributed by atoms with Crippen LogP contribution in [0.1, 0.15) is 44.1 Å². The molecule has 2 aliphatic rings. The van der Waals surface area contributed by atoms with Crippen molar-refractivity contribution in [2.45, 2.75) is 45.1 Å². The van der Waals surface area contributed by atoms with Crippen molar-refractivity contribution in [3.05, 3.63) is 58.5 Å². The number of aromatic nitrogens is 2. The molecule has 2 aliphatic heterocycles. The highest BCUT2D eigenvalue weighted by atomic mass is 16.2. The van der Waals surface area contributed by atoms with Gasteiger partial charge in [0.25, 0.3) is 5.56 Å². The van der Waals surface area contributed by atoms with Crippen LogP contribution in [0, 0.1) is 5.92 Å². The highest BCUT2D eigenvalue weighted by molar-refractivity contribution is 5.79. The van der Waals surface area contributed by atoms with E-state index >= 15 is 0 Å². The molecule has 0 spiro atoms. The molecular weight excluding hydrogens is 402 g/mol.